The topological polar surface area (TPSA) is 106 Å². The second-order valence-electron chi connectivity index (χ2n) is 5.73. The van der Waals surface area contributed by atoms with Crippen molar-refractivity contribution in [2.75, 3.05) is 13.6 Å². The van der Waals surface area contributed by atoms with Crippen molar-refractivity contribution < 1.29 is 14.0 Å². The molecule has 0 unspecified atom stereocenters. The van der Waals surface area contributed by atoms with E-state index in [4.69, 9.17) is 16.0 Å². The van der Waals surface area contributed by atoms with Gasteiger partial charge in [-0.05, 0) is 29.5 Å². The minimum absolute atomic E-state index is 0.0917. The lowest BCUT2D eigenvalue weighted by Gasteiger charge is -2.16. The quantitative estimate of drug-likeness (QED) is 0.655. The molecular weight excluding hydrogens is 372 g/mol. The van der Waals surface area contributed by atoms with Crippen LogP contribution in [0.1, 0.15) is 5.76 Å². The summed E-state index contributed by atoms with van der Waals surface area (Å²) in [6, 6.07) is 10.6. The first-order valence-corrected chi connectivity index (χ1v) is 8.46. The number of furan rings is 1. The first kappa shape index (κ1) is 18.6. The van der Waals surface area contributed by atoms with Crippen molar-refractivity contribution in [2.24, 2.45) is 0 Å². The first-order valence-electron chi connectivity index (χ1n) is 8.08. The summed E-state index contributed by atoms with van der Waals surface area (Å²) in [6.07, 6.45) is 1.53. The van der Waals surface area contributed by atoms with E-state index in [1.54, 1.807) is 30.3 Å². The summed E-state index contributed by atoms with van der Waals surface area (Å²) in [5, 5.41) is 15.1. The number of hydrogen-bond acceptors (Lipinski definition) is 6. The summed E-state index contributed by atoms with van der Waals surface area (Å²) in [6.45, 7) is 0.0325. The molecule has 0 radical (unpaired) electrons. The Labute approximate surface area is 159 Å². The molecule has 0 saturated carbocycles. The van der Waals surface area contributed by atoms with Crippen LogP contribution in [0.3, 0.4) is 0 Å². The zero-order valence-corrected chi connectivity index (χ0v) is 15.3. The highest BCUT2D eigenvalue weighted by molar-refractivity contribution is 6.33. The average molecular weight is 389 g/mol. The molecule has 0 saturated heterocycles. The Kier molecular flexibility index (Phi) is 5.82. The Morgan fingerprint density at radius 2 is 2.07 bits per heavy atom. The van der Waals surface area contributed by atoms with Crippen LogP contribution in [0.5, 0.6) is 0 Å². The van der Waals surface area contributed by atoms with E-state index in [1.165, 1.54) is 18.2 Å². The van der Waals surface area contributed by atoms with Crippen LogP contribution >= 0.6 is 11.6 Å². The molecule has 0 aliphatic rings. The van der Waals surface area contributed by atoms with Gasteiger partial charge in [-0.15, -0.1) is 10.2 Å². The monoisotopic (exact) mass is 388 g/mol. The normalized spacial score (nSPS) is 10.6. The number of carbonyl (C=O) groups is 2. The molecule has 0 spiro atoms. The average Bonchev–Trinajstić information content (AvgIpc) is 3.32. The van der Waals surface area contributed by atoms with Crippen LogP contribution in [-0.2, 0) is 22.7 Å². The van der Waals surface area contributed by atoms with Gasteiger partial charge in [-0.1, -0.05) is 23.7 Å². The van der Waals surface area contributed by atoms with Crippen molar-refractivity contribution in [1.82, 2.24) is 30.4 Å². The van der Waals surface area contributed by atoms with Crippen molar-refractivity contribution in [3.63, 3.8) is 0 Å². The molecule has 140 valence electrons. The SMILES string of the molecule is CN(CC(=O)NCc1ccco1)C(=O)Cn1nnc(-c2ccccc2Cl)n1. The van der Waals surface area contributed by atoms with Gasteiger partial charge in [0.15, 0.2) is 0 Å². The number of likely N-dealkylation sites (N-methyl/N-ethyl adjacent to an activating group) is 1. The van der Waals surface area contributed by atoms with Crippen LogP contribution in [0.4, 0.5) is 0 Å². The van der Waals surface area contributed by atoms with Crippen molar-refractivity contribution in [2.45, 2.75) is 13.1 Å². The highest BCUT2D eigenvalue weighted by atomic mass is 35.5. The van der Waals surface area contributed by atoms with E-state index in [0.29, 0.717) is 22.2 Å². The van der Waals surface area contributed by atoms with Crippen LogP contribution in [0.25, 0.3) is 11.4 Å². The molecule has 10 heteroatoms. The maximum absolute atomic E-state index is 12.3. The predicted octanol–water partition coefficient (Wildman–Crippen LogP) is 1.36. The molecule has 0 atom stereocenters. The van der Waals surface area contributed by atoms with Gasteiger partial charge >= 0.3 is 0 Å². The van der Waals surface area contributed by atoms with Gasteiger partial charge < -0.3 is 14.6 Å². The number of aromatic nitrogens is 4. The molecule has 1 N–H and O–H groups in total. The fourth-order valence-electron chi connectivity index (χ4n) is 2.26. The van der Waals surface area contributed by atoms with Crippen LogP contribution in [0.15, 0.2) is 47.1 Å². The van der Waals surface area contributed by atoms with Gasteiger partial charge in [-0.25, -0.2) is 0 Å². The van der Waals surface area contributed by atoms with Crippen molar-refractivity contribution in [1.29, 1.82) is 0 Å². The summed E-state index contributed by atoms with van der Waals surface area (Å²) >= 11 is 6.10. The van der Waals surface area contributed by atoms with Gasteiger partial charge in [-0.2, -0.15) is 4.80 Å². The molecule has 2 heterocycles. The number of halogens is 1. The van der Waals surface area contributed by atoms with Gasteiger partial charge in [0.1, 0.15) is 12.3 Å². The molecule has 3 aromatic rings. The van der Waals surface area contributed by atoms with Gasteiger partial charge in [0.2, 0.25) is 17.6 Å². The number of nitrogens with zero attached hydrogens (tertiary/aromatic N) is 5. The highest BCUT2D eigenvalue weighted by Crippen LogP contribution is 2.23. The molecule has 1 aromatic carbocycles. The molecule has 2 aromatic heterocycles. The van der Waals surface area contributed by atoms with Gasteiger partial charge in [0.25, 0.3) is 0 Å². The van der Waals surface area contributed by atoms with Crippen molar-refractivity contribution >= 4 is 23.4 Å². The van der Waals surface area contributed by atoms with Gasteiger partial charge in [0, 0.05) is 12.6 Å². The Bertz CT molecular complexity index is 924. The smallest absolute Gasteiger partial charge is 0.246 e. The highest BCUT2D eigenvalue weighted by Gasteiger charge is 2.16. The van der Waals surface area contributed by atoms with Crippen LogP contribution < -0.4 is 5.32 Å². The maximum atomic E-state index is 12.3. The van der Waals surface area contributed by atoms with E-state index in [9.17, 15) is 9.59 Å². The number of carbonyl (C=O) groups excluding carboxylic acids is 2. The Balaban J connectivity index is 1.52. The minimum Gasteiger partial charge on any atom is -0.467 e. The zero-order chi connectivity index (χ0) is 19.2. The standard InChI is InChI=1S/C17H17ClN6O3/c1-23(10-15(25)19-9-12-5-4-8-27-12)16(26)11-24-21-17(20-22-24)13-6-2-3-7-14(13)18/h2-8H,9-11H2,1H3,(H,19,25). The molecular formula is C17H17ClN6O3. The van der Waals surface area contributed by atoms with Gasteiger partial charge in [0.05, 0.1) is 24.4 Å². The molecule has 9 nitrogen and oxygen atoms in total. The predicted molar refractivity (Wildman–Crippen MR) is 96.5 cm³/mol. The molecule has 27 heavy (non-hydrogen) atoms. The Morgan fingerprint density at radius 3 is 2.81 bits per heavy atom. The van der Waals surface area contributed by atoms with E-state index >= 15 is 0 Å². The fraction of sp³-hybridized carbons (Fsp3) is 0.235. The van der Waals surface area contributed by atoms with Crippen LogP contribution in [0, 0.1) is 0 Å². The number of nitrogens with one attached hydrogen (secondary N) is 1. The summed E-state index contributed by atoms with van der Waals surface area (Å²) in [7, 11) is 1.53. The molecule has 3 rings (SSSR count). The number of hydrogen-bond donors (Lipinski definition) is 1. The van der Waals surface area contributed by atoms with E-state index in [-0.39, 0.29) is 31.4 Å². The lowest BCUT2D eigenvalue weighted by Crippen LogP contribution is -2.39. The maximum Gasteiger partial charge on any atom is 0.246 e. The first-order chi connectivity index (χ1) is 13.0. The Hall–Kier alpha value is -3.20. The number of tetrazole rings is 1. The number of amides is 2. The van der Waals surface area contributed by atoms with Crippen molar-refractivity contribution in [3.05, 3.63) is 53.4 Å². The summed E-state index contributed by atoms with van der Waals surface area (Å²) in [4.78, 5) is 26.6. The van der Waals surface area contributed by atoms with E-state index in [2.05, 4.69) is 20.7 Å². The van der Waals surface area contributed by atoms with Gasteiger partial charge in [-0.3, -0.25) is 9.59 Å². The third-order valence-electron chi connectivity index (χ3n) is 3.69. The minimum atomic E-state index is -0.328. The molecule has 0 fully saturated rings. The number of benzene rings is 1. The summed E-state index contributed by atoms with van der Waals surface area (Å²) < 4.78 is 5.13. The van der Waals surface area contributed by atoms with Crippen LogP contribution in [0.2, 0.25) is 5.02 Å². The second-order valence-corrected chi connectivity index (χ2v) is 6.14. The van der Waals surface area contributed by atoms with Crippen molar-refractivity contribution in [3.8, 4) is 11.4 Å². The number of rotatable bonds is 7. The second kappa shape index (κ2) is 8.45. The Morgan fingerprint density at radius 1 is 1.26 bits per heavy atom. The summed E-state index contributed by atoms with van der Waals surface area (Å²) in [5.74, 6) is 0.334. The fourth-order valence-corrected chi connectivity index (χ4v) is 2.48. The zero-order valence-electron chi connectivity index (χ0n) is 14.5. The molecule has 0 aliphatic carbocycles. The molecule has 0 aliphatic heterocycles. The van der Waals surface area contributed by atoms with E-state index in [0.717, 1.165) is 4.80 Å². The third kappa shape index (κ3) is 4.91. The largest absolute Gasteiger partial charge is 0.467 e. The van der Waals surface area contributed by atoms with E-state index < -0.39 is 0 Å². The lowest BCUT2D eigenvalue weighted by molar-refractivity contribution is -0.135. The van der Waals surface area contributed by atoms with E-state index in [1.807, 2.05) is 6.07 Å². The lowest BCUT2D eigenvalue weighted by atomic mass is 10.2. The summed E-state index contributed by atoms with van der Waals surface area (Å²) in [5.41, 5.74) is 0.628. The molecule has 0 bridgehead atoms. The molecule has 2 amide bonds. The van der Waals surface area contributed by atoms with Crippen LogP contribution in [-0.4, -0.2) is 50.5 Å². The third-order valence-corrected chi connectivity index (χ3v) is 4.02.